The summed E-state index contributed by atoms with van der Waals surface area (Å²) in [6, 6.07) is 5.05. The number of anilines is 1. The molecule has 0 radical (unpaired) electrons. The summed E-state index contributed by atoms with van der Waals surface area (Å²) in [6.07, 6.45) is 0.973. The van der Waals surface area contributed by atoms with Gasteiger partial charge in [0.2, 0.25) is 0 Å². The third-order valence-corrected chi connectivity index (χ3v) is 2.40. The number of carbonyl (C=O) groups is 1. The molecule has 0 unspecified atom stereocenters. The normalized spacial score (nSPS) is 10.2. The molecule has 19 heavy (non-hydrogen) atoms. The van der Waals surface area contributed by atoms with Crippen molar-refractivity contribution in [3.8, 4) is 5.75 Å². The molecular formula is C14H21NO4. The van der Waals surface area contributed by atoms with Gasteiger partial charge in [-0.2, -0.15) is 0 Å². The summed E-state index contributed by atoms with van der Waals surface area (Å²) in [4.78, 5) is 11.7. The van der Waals surface area contributed by atoms with E-state index in [9.17, 15) is 4.79 Å². The molecule has 0 amide bonds. The number of benzene rings is 1. The highest BCUT2D eigenvalue weighted by atomic mass is 16.5. The molecule has 0 saturated heterocycles. The fourth-order valence-corrected chi connectivity index (χ4v) is 1.51. The van der Waals surface area contributed by atoms with Crippen LogP contribution in [0.5, 0.6) is 5.75 Å². The quantitative estimate of drug-likeness (QED) is 0.444. The Bertz CT molecular complexity index is 406. The Morgan fingerprint density at radius 3 is 2.68 bits per heavy atom. The maximum atomic E-state index is 11.7. The Morgan fingerprint density at radius 2 is 2.00 bits per heavy atom. The molecule has 0 spiro atoms. The van der Waals surface area contributed by atoms with Gasteiger partial charge in [0, 0.05) is 6.61 Å². The minimum Gasteiger partial charge on any atom is -0.489 e. The smallest absolute Gasteiger partial charge is 0.340 e. The molecule has 0 aromatic heterocycles. The van der Waals surface area contributed by atoms with Crippen molar-refractivity contribution in [3.05, 3.63) is 23.8 Å². The van der Waals surface area contributed by atoms with Gasteiger partial charge < -0.3 is 19.9 Å². The van der Waals surface area contributed by atoms with E-state index in [1.165, 1.54) is 0 Å². The molecule has 5 nitrogen and oxygen atoms in total. The van der Waals surface area contributed by atoms with Crippen LogP contribution in [-0.4, -0.2) is 32.4 Å². The second kappa shape index (κ2) is 8.37. The van der Waals surface area contributed by atoms with Crippen LogP contribution in [0.3, 0.4) is 0 Å². The molecule has 0 aliphatic rings. The number of esters is 1. The van der Waals surface area contributed by atoms with Gasteiger partial charge in [-0.05, 0) is 25.5 Å². The van der Waals surface area contributed by atoms with Gasteiger partial charge in [-0.25, -0.2) is 4.79 Å². The Morgan fingerprint density at radius 1 is 1.21 bits per heavy atom. The number of nitrogens with two attached hydrogens (primary N) is 1. The molecule has 5 heteroatoms. The lowest BCUT2D eigenvalue weighted by atomic mass is 10.1. The zero-order valence-electron chi connectivity index (χ0n) is 11.5. The van der Waals surface area contributed by atoms with Crippen LogP contribution in [0, 0.1) is 0 Å². The van der Waals surface area contributed by atoms with E-state index in [2.05, 4.69) is 0 Å². The molecule has 0 atom stereocenters. The second-order valence-electron chi connectivity index (χ2n) is 3.90. The molecule has 0 aliphatic heterocycles. The van der Waals surface area contributed by atoms with Crippen molar-refractivity contribution < 1.29 is 19.0 Å². The Hall–Kier alpha value is -1.75. The summed E-state index contributed by atoms with van der Waals surface area (Å²) in [6.45, 7) is 5.71. The predicted molar refractivity (Wildman–Crippen MR) is 73.4 cm³/mol. The van der Waals surface area contributed by atoms with Crippen molar-refractivity contribution in [2.75, 3.05) is 32.2 Å². The van der Waals surface area contributed by atoms with Gasteiger partial charge in [-0.3, -0.25) is 0 Å². The highest BCUT2D eigenvalue weighted by molar-refractivity contribution is 5.96. The van der Waals surface area contributed by atoms with Gasteiger partial charge in [-0.15, -0.1) is 0 Å². The van der Waals surface area contributed by atoms with Crippen molar-refractivity contribution in [1.82, 2.24) is 0 Å². The van der Waals surface area contributed by atoms with E-state index in [-0.39, 0.29) is 0 Å². The first-order chi connectivity index (χ1) is 9.20. The molecule has 0 aliphatic carbocycles. The lowest BCUT2D eigenvalue weighted by Crippen LogP contribution is -2.11. The number of ether oxygens (including phenoxy) is 3. The minimum atomic E-state index is -0.437. The maximum absolute atomic E-state index is 11.7. The number of hydrogen-bond donors (Lipinski definition) is 1. The second-order valence-corrected chi connectivity index (χ2v) is 3.90. The van der Waals surface area contributed by atoms with E-state index < -0.39 is 5.97 Å². The molecule has 1 aromatic rings. The van der Waals surface area contributed by atoms with Crippen molar-refractivity contribution in [1.29, 1.82) is 0 Å². The lowest BCUT2D eigenvalue weighted by Gasteiger charge is -2.11. The molecule has 106 valence electrons. The third-order valence-electron chi connectivity index (χ3n) is 2.40. The van der Waals surface area contributed by atoms with Crippen LogP contribution in [0.4, 0.5) is 5.69 Å². The largest absolute Gasteiger partial charge is 0.489 e. The van der Waals surface area contributed by atoms with Gasteiger partial charge in [0.15, 0.2) is 0 Å². The number of rotatable bonds is 8. The number of hydrogen-bond acceptors (Lipinski definition) is 5. The average molecular weight is 267 g/mol. The first-order valence-corrected chi connectivity index (χ1v) is 6.46. The maximum Gasteiger partial charge on any atom is 0.340 e. The molecule has 0 bridgehead atoms. The van der Waals surface area contributed by atoms with E-state index in [0.717, 1.165) is 6.42 Å². The SMILES string of the molecule is CCCOCCOc1cccc(C(=O)OCC)c1N. The van der Waals surface area contributed by atoms with Crippen molar-refractivity contribution in [2.45, 2.75) is 20.3 Å². The molecule has 0 fully saturated rings. The van der Waals surface area contributed by atoms with E-state index in [1.807, 2.05) is 6.92 Å². The zero-order valence-corrected chi connectivity index (χ0v) is 11.5. The van der Waals surface area contributed by atoms with E-state index in [4.69, 9.17) is 19.9 Å². The monoisotopic (exact) mass is 267 g/mol. The van der Waals surface area contributed by atoms with E-state index in [1.54, 1.807) is 25.1 Å². The summed E-state index contributed by atoms with van der Waals surface area (Å²) >= 11 is 0. The molecule has 2 N–H and O–H groups in total. The highest BCUT2D eigenvalue weighted by Gasteiger charge is 2.14. The van der Waals surface area contributed by atoms with Gasteiger partial charge in [0.25, 0.3) is 0 Å². The van der Waals surface area contributed by atoms with Crippen molar-refractivity contribution >= 4 is 11.7 Å². The third kappa shape index (κ3) is 4.79. The van der Waals surface area contributed by atoms with E-state index >= 15 is 0 Å². The molecule has 0 heterocycles. The number of carbonyl (C=O) groups excluding carboxylic acids is 1. The standard InChI is InChI=1S/C14H21NO4/c1-3-8-17-9-10-19-12-7-5-6-11(13(12)15)14(16)18-4-2/h5-7H,3-4,8-10,15H2,1-2H3. The molecule has 0 saturated carbocycles. The first kappa shape index (κ1) is 15.3. The molecule has 1 rings (SSSR count). The number of nitrogen functional groups attached to an aromatic ring is 1. The fraction of sp³-hybridized carbons (Fsp3) is 0.500. The lowest BCUT2D eigenvalue weighted by molar-refractivity contribution is 0.0527. The van der Waals surface area contributed by atoms with Crippen LogP contribution in [-0.2, 0) is 9.47 Å². The van der Waals surface area contributed by atoms with Crippen molar-refractivity contribution in [2.24, 2.45) is 0 Å². The van der Waals surface area contributed by atoms with Gasteiger partial charge in [-0.1, -0.05) is 13.0 Å². The average Bonchev–Trinajstić information content (AvgIpc) is 2.40. The van der Waals surface area contributed by atoms with Crippen LogP contribution in [0.1, 0.15) is 30.6 Å². The number of para-hydroxylation sites is 1. The zero-order chi connectivity index (χ0) is 14.1. The van der Waals surface area contributed by atoms with Crippen LogP contribution < -0.4 is 10.5 Å². The summed E-state index contributed by atoms with van der Waals surface area (Å²) in [5.74, 6) is 0.0401. The summed E-state index contributed by atoms with van der Waals surface area (Å²) < 4.78 is 15.7. The van der Waals surface area contributed by atoms with Gasteiger partial charge in [0.05, 0.1) is 24.5 Å². The molecule has 1 aromatic carbocycles. The fourth-order valence-electron chi connectivity index (χ4n) is 1.51. The van der Waals surface area contributed by atoms with Gasteiger partial charge in [0.1, 0.15) is 12.4 Å². The van der Waals surface area contributed by atoms with Crippen molar-refractivity contribution in [3.63, 3.8) is 0 Å². The Labute approximate surface area is 113 Å². The predicted octanol–water partition coefficient (Wildman–Crippen LogP) is 2.25. The minimum absolute atomic E-state index is 0.302. The Kier molecular flexibility index (Phi) is 6.74. The molecular weight excluding hydrogens is 246 g/mol. The van der Waals surface area contributed by atoms with Gasteiger partial charge >= 0.3 is 5.97 Å². The topological polar surface area (TPSA) is 70.8 Å². The first-order valence-electron chi connectivity index (χ1n) is 6.46. The van der Waals surface area contributed by atoms with Crippen LogP contribution in [0.2, 0.25) is 0 Å². The summed E-state index contributed by atoms with van der Waals surface area (Å²) in [5.41, 5.74) is 6.52. The van der Waals surface area contributed by atoms with E-state index in [0.29, 0.717) is 43.4 Å². The van der Waals surface area contributed by atoms with Crippen LogP contribution in [0.15, 0.2) is 18.2 Å². The van der Waals surface area contributed by atoms with Crippen LogP contribution >= 0.6 is 0 Å². The van der Waals surface area contributed by atoms with Crippen LogP contribution in [0.25, 0.3) is 0 Å². The summed E-state index contributed by atoms with van der Waals surface area (Å²) in [7, 11) is 0. The highest BCUT2D eigenvalue weighted by Crippen LogP contribution is 2.25. The summed E-state index contributed by atoms with van der Waals surface area (Å²) in [5, 5.41) is 0. The Balaban J connectivity index is 2.59.